The number of aryl methyl sites for hydroxylation is 1. The molecule has 116 valence electrons. The zero-order chi connectivity index (χ0) is 15.8. The van der Waals surface area contributed by atoms with Gasteiger partial charge in [-0.2, -0.15) is 0 Å². The van der Waals surface area contributed by atoms with Crippen molar-refractivity contribution in [2.24, 2.45) is 5.16 Å². The van der Waals surface area contributed by atoms with Crippen LogP contribution in [0.25, 0.3) is 0 Å². The number of anilines is 2. The summed E-state index contributed by atoms with van der Waals surface area (Å²) in [5.74, 6) is 0. The van der Waals surface area contributed by atoms with E-state index in [1.54, 1.807) is 22.2 Å². The van der Waals surface area contributed by atoms with Crippen molar-refractivity contribution in [3.63, 3.8) is 0 Å². The molecule has 23 heavy (non-hydrogen) atoms. The molecule has 0 unspecified atom stereocenters. The van der Waals surface area contributed by atoms with Crippen molar-refractivity contribution in [3.8, 4) is 0 Å². The second-order valence-electron chi connectivity index (χ2n) is 5.69. The van der Waals surface area contributed by atoms with Gasteiger partial charge in [-0.05, 0) is 42.7 Å². The molecule has 1 saturated heterocycles. The molecule has 1 aromatic heterocycles. The number of amides is 2. The third-order valence-electron chi connectivity index (χ3n) is 4.43. The number of carbonyl (C=O) groups is 1. The number of carbonyl (C=O) groups excluding carboxylic acids is 1. The fraction of sp³-hybridized carbons (Fsp3) is 0.235. The van der Waals surface area contributed by atoms with Crippen molar-refractivity contribution in [2.45, 2.75) is 12.8 Å². The van der Waals surface area contributed by atoms with E-state index in [4.69, 9.17) is 5.21 Å². The molecule has 1 aliphatic carbocycles. The van der Waals surface area contributed by atoms with Gasteiger partial charge in [-0.25, -0.2) is 4.79 Å². The molecule has 0 saturated carbocycles. The SMILES string of the molecule is O=C1N(c2cccnc2)CCN1c1ccc2c(c1)CCC2=NO. The van der Waals surface area contributed by atoms with Gasteiger partial charge in [0, 0.05) is 30.5 Å². The maximum Gasteiger partial charge on any atom is 0.329 e. The smallest absolute Gasteiger partial charge is 0.329 e. The van der Waals surface area contributed by atoms with Crippen LogP contribution in [-0.2, 0) is 6.42 Å². The minimum atomic E-state index is -0.0352. The van der Waals surface area contributed by atoms with Gasteiger partial charge < -0.3 is 5.21 Å². The molecule has 2 aliphatic rings. The molecule has 1 aliphatic heterocycles. The molecule has 0 bridgehead atoms. The predicted molar refractivity (Wildman–Crippen MR) is 87.4 cm³/mol. The first-order valence-corrected chi connectivity index (χ1v) is 7.61. The average Bonchev–Trinajstić information content (AvgIpc) is 3.18. The third-order valence-corrected chi connectivity index (χ3v) is 4.43. The number of benzene rings is 1. The summed E-state index contributed by atoms with van der Waals surface area (Å²) < 4.78 is 0. The molecule has 1 fully saturated rings. The summed E-state index contributed by atoms with van der Waals surface area (Å²) in [5.41, 5.74) is 4.53. The van der Waals surface area contributed by atoms with Gasteiger partial charge in [-0.1, -0.05) is 11.2 Å². The van der Waals surface area contributed by atoms with Gasteiger partial charge in [-0.15, -0.1) is 0 Å². The van der Waals surface area contributed by atoms with Crippen molar-refractivity contribution >= 4 is 23.1 Å². The van der Waals surface area contributed by atoms with Crippen LogP contribution < -0.4 is 9.80 Å². The van der Waals surface area contributed by atoms with E-state index in [-0.39, 0.29) is 6.03 Å². The summed E-state index contributed by atoms with van der Waals surface area (Å²) in [6, 6.07) is 9.56. The van der Waals surface area contributed by atoms with Gasteiger partial charge in [0.15, 0.2) is 0 Å². The van der Waals surface area contributed by atoms with Gasteiger partial charge in [-0.3, -0.25) is 14.8 Å². The Morgan fingerprint density at radius 2 is 1.91 bits per heavy atom. The van der Waals surface area contributed by atoms with E-state index in [9.17, 15) is 4.79 Å². The van der Waals surface area contributed by atoms with Crippen LogP contribution in [0.4, 0.5) is 16.2 Å². The van der Waals surface area contributed by atoms with E-state index in [1.165, 1.54) is 0 Å². The normalized spacial score (nSPS) is 18.8. The lowest BCUT2D eigenvalue weighted by Crippen LogP contribution is -2.31. The monoisotopic (exact) mass is 308 g/mol. The first-order chi connectivity index (χ1) is 11.3. The quantitative estimate of drug-likeness (QED) is 0.685. The summed E-state index contributed by atoms with van der Waals surface area (Å²) in [6.45, 7) is 1.29. The van der Waals surface area contributed by atoms with Crippen LogP contribution in [-0.4, -0.2) is 35.0 Å². The van der Waals surface area contributed by atoms with Gasteiger partial charge in [0.25, 0.3) is 0 Å². The Morgan fingerprint density at radius 3 is 2.65 bits per heavy atom. The third kappa shape index (κ3) is 2.23. The number of urea groups is 1. The molecule has 0 radical (unpaired) electrons. The zero-order valence-electron chi connectivity index (χ0n) is 12.5. The van der Waals surface area contributed by atoms with Crippen LogP contribution in [0.15, 0.2) is 47.9 Å². The summed E-state index contributed by atoms with van der Waals surface area (Å²) in [7, 11) is 0. The van der Waals surface area contributed by atoms with Crippen LogP contribution >= 0.6 is 0 Å². The Morgan fingerprint density at radius 1 is 1.09 bits per heavy atom. The Labute approximate surface area is 133 Å². The number of hydrogen-bond donors (Lipinski definition) is 1. The molecule has 0 spiro atoms. The number of fused-ring (bicyclic) bond motifs is 1. The van der Waals surface area contributed by atoms with E-state index in [0.717, 1.165) is 41.1 Å². The van der Waals surface area contributed by atoms with Gasteiger partial charge in [0.05, 0.1) is 17.6 Å². The minimum absolute atomic E-state index is 0.0352. The van der Waals surface area contributed by atoms with E-state index in [1.807, 2.05) is 30.3 Å². The summed E-state index contributed by atoms with van der Waals surface area (Å²) in [5, 5.41) is 12.4. The standard InChI is InChI=1S/C17H16N4O2/c22-17-20(8-9-21(17)14-2-1-7-18-11-14)13-4-5-15-12(10-13)3-6-16(15)19-23/h1-2,4-5,7,10-11,23H,3,6,8-9H2. The molecular formula is C17H16N4O2. The number of aromatic nitrogens is 1. The van der Waals surface area contributed by atoms with Crippen molar-refractivity contribution in [1.82, 2.24) is 4.98 Å². The second-order valence-corrected chi connectivity index (χ2v) is 5.69. The largest absolute Gasteiger partial charge is 0.411 e. The first-order valence-electron chi connectivity index (χ1n) is 7.61. The Bertz CT molecular complexity index is 788. The van der Waals surface area contributed by atoms with Crippen molar-refractivity contribution < 1.29 is 10.0 Å². The number of oxime groups is 1. The molecule has 2 aromatic rings. The highest BCUT2D eigenvalue weighted by Gasteiger charge is 2.31. The van der Waals surface area contributed by atoms with Crippen LogP contribution in [0.1, 0.15) is 17.5 Å². The van der Waals surface area contributed by atoms with E-state index >= 15 is 0 Å². The average molecular weight is 308 g/mol. The topological polar surface area (TPSA) is 69.0 Å². The molecule has 4 rings (SSSR count). The molecule has 1 N–H and O–H groups in total. The number of pyridine rings is 1. The van der Waals surface area contributed by atoms with Gasteiger partial charge in [0.2, 0.25) is 0 Å². The van der Waals surface area contributed by atoms with E-state index in [2.05, 4.69) is 10.1 Å². The van der Waals surface area contributed by atoms with Crippen LogP contribution in [0, 0.1) is 0 Å². The summed E-state index contributed by atoms with van der Waals surface area (Å²) in [6.07, 6.45) is 4.98. The number of hydrogen-bond acceptors (Lipinski definition) is 4. The molecule has 6 heteroatoms. The zero-order valence-corrected chi connectivity index (χ0v) is 12.5. The maximum absolute atomic E-state index is 12.7. The fourth-order valence-electron chi connectivity index (χ4n) is 3.26. The predicted octanol–water partition coefficient (Wildman–Crippen LogP) is 2.65. The fourth-order valence-corrected chi connectivity index (χ4v) is 3.26. The Hall–Kier alpha value is -2.89. The van der Waals surface area contributed by atoms with E-state index < -0.39 is 0 Å². The van der Waals surface area contributed by atoms with Crippen LogP contribution in [0.3, 0.4) is 0 Å². The van der Waals surface area contributed by atoms with E-state index in [0.29, 0.717) is 13.1 Å². The molecule has 2 heterocycles. The van der Waals surface area contributed by atoms with Gasteiger partial charge >= 0.3 is 6.03 Å². The Kier molecular flexibility index (Phi) is 3.22. The molecule has 2 amide bonds. The molecule has 1 aromatic carbocycles. The molecular weight excluding hydrogens is 292 g/mol. The lowest BCUT2D eigenvalue weighted by Gasteiger charge is -2.19. The van der Waals surface area contributed by atoms with Gasteiger partial charge in [0.1, 0.15) is 0 Å². The van der Waals surface area contributed by atoms with Crippen molar-refractivity contribution in [3.05, 3.63) is 53.9 Å². The van der Waals surface area contributed by atoms with Crippen molar-refractivity contribution in [1.29, 1.82) is 0 Å². The summed E-state index contributed by atoms with van der Waals surface area (Å²) in [4.78, 5) is 20.3. The van der Waals surface area contributed by atoms with Crippen LogP contribution in [0.2, 0.25) is 0 Å². The Balaban J connectivity index is 1.62. The number of nitrogens with zero attached hydrogens (tertiary/aromatic N) is 4. The summed E-state index contributed by atoms with van der Waals surface area (Å²) >= 11 is 0. The van der Waals surface area contributed by atoms with Crippen LogP contribution in [0.5, 0.6) is 0 Å². The first kappa shape index (κ1) is 13.8. The molecule has 6 nitrogen and oxygen atoms in total. The number of rotatable bonds is 2. The highest BCUT2D eigenvalue weighted by molar-refractivity contribution is 6.07. The van der Waals surface area contributed by atoms with Crippen molar-refractivity contribution in [2.75, 3.05) is 22.9 Å². The molecule has 0 atom stereocenters. The maximum atomic E-state index is 12.7. The lowest BCUT2D eigenvalue weighted by atomic mass is 10.1. The highest BCUT2D eigenvalue weighted by Crippen LogP contribution is 2.30. The lowest BCUT2D eigenvalue weighted by molar-refractivity contribution is 0.256. The second kappa shape index (κ2) is 5.39. The highest BCUT2D eigenvalue weighted by atomic mass is 16.4. The minimum Gasteiger partial charge on any atom is -0.411 e.